The molecule has 2 unspecified atom stereocenters. The van der Waals surface area contributed by atoms with Gasteiger partial charge in [-0.3, -0.25) is 33.3 Å². The summed E-state index contributed by atoms with van der Waals surface area (Å²) in [4.78, 5) is 102. The van der Waals surface area contributed by atoms with Gasteiger partial charge in [-0.05, 0) is 93.0 Å². The van der Waals surface area contributed by atoms with Gasteiger partial charge in [-0.2, -0.15) is 15.0 Å². The highest BCUT2D eigenvalue weighted by molar-refractivity contribution is 5.96. The molecule has 0 fully saturated rings. The Balaban J connectivity index is 0.871. The second kappa shape index (κ2) is 38.9. The van der Waals surface area contributed by atoms with Crippen molar-refractivity contribution in [2.45, 2.75) is 97.2 Å². The van der Waals surface area contributed by atoms with E-state index in [1.807, 2.05) is 6.92 Å². The molecule has 0 saturated heterocycles. The van der Waals surface area contributed by atoms with Crippen LogP contribution in [0.3, 0.4) is 0 Å². The Hall–Kier alpha value is -8.88. The highest BCUT2D eigenvalue weighted by atomic mass is 16.5. The van der Waals surface area contributed by atoms with Crippen molar-refractivity contribution in [3.05, 3.63) is 101 Å². The number of aromatic hydroxyl groups is 1. The van der Waals surface area contributed by atoms with E-state index in [1.54, 1.807) is 86.6 Å². The van der Waals surface area contributed by atoms with Crippen molar-refractivity contribution < 1.29 is 76.6 Å². The van der Waals surface area contributed by atoms with Gasteiger partial charge >= 0.3 is 17.9 Å². The number of nitrogens with one attached hydrogen (secondary N) is 5. The molecule has 0 aliphatic heterocycles. The second-order valence-corrected chi connectivity index (χ2v) is 19.5. The van der Waals surface area contributed by atoms with Gasteiger partial charge in [0.25, 0.3) is 11.9 Å². The van der Waals surface area contributed by atoms with E-state index in [9.17, 15) is 38.7 Å². The fraction of sp³-hybridized carbons (Fsp3) is 0.475. The quantitative estimate of drug-likeness (QED) is 0.0164. The number of anilines is 1. The van der Waals surface area contributed by atoms with E-state index in [-0.39, 0.29) is 87.2 Å². The summed E-state index contributed by atoms with van der Waals surface area (Å²) in [6.07, 6.45) is 6.32. The number of nitrogen functional groups attached to an aromatic ring is 1. The van der Waals surface area contributed by atoms with Gasteiger partial charge in [-0.1, -0.05) is 61.9 Å². The summed E-state index contributed by atoms with van der Waals surface area (Å²) < 4.78 is 45.4. The van der Waals surface area contributed by atoms with E-state index < -0.39 is 48.3 Å². The molecule has 26 heteroatoms. The molecule has 8 N–H and O–H groups in total. The van der Waals surface area contributed by atoms with Gasteiger partial charge in [0.2, 0.25) is 23.6 Å². The number of nitrogens with two attached hydrogens (primary N) is 1. The maximum atomic E-state index is 13.5. The number of nitrogens with zero attached hydrogens (tertiary/aromatic N) is 4. The lowest BCUT2D eigenvalue weighted by Gasteiger charge is -2.22. The summed E-state index contributed by atoms with van der Waals surface area (Å²) in [5, 5.41) is 24.0. The zero-order valence-electron chi connectivity index (χ0n) is 49.9. The number of unbranched alkanes of at least 4 members (excludes halogenated alkanes) is 1. The van der Waals surface area contributed by atoms with Gasteiger partial charge in [0, 0.05) is 57.2 Å². The normalized spacial score (nSPS) is 11.8. The topological polar surface area (TPSA) is 343 Å². The third-order valence-electron chi connectivity index (χ3n) is 12.8. The zero-order chi connectivity index (χ0) is 62.6. The maximum Gasteiger partial charge on any atom is 0.328 e. The molecule has 5 rings (SSSR count). The van der Waals surface area contributed by atoms with Gasteiger partial charge in [0.05, 0.1) is 73.1 Å². The van der Waals surface area contributed by atoms with Gasteiger partial charge in [-0.15, -0.1) is 0 Å². The minimum Gasteiger partial charge on any atom is -0.493 e. The first kappa shape index (κ1) is 68.9. The molecular formula is C61H82N10O16. The summed E-state index contributed by atoms with van der Waals surface area (Å²) in [6.45, 7) is 9.32. The molecule has 26 nitrogen and oxygen atoms in total. The lowest BCUT2D eigenvalue weighted by Crippen LogP contribution is -2.54. The molecule has 3 aromatic carbocycles. The first-order chi connectivity index (χ1) is 42.2. The largest absolute Gasteiger partial charge is 0.493 e. The van der Waals surface area contributed by atoms with Crippen LogP contribution in [0, 0.1) is 0 Å². The molecule has 0 aliphatic carbocycles. The molecule has 2 aromatic heterocycles. The van der Waals surface area contributed by atoms with Gasteiger partial charge < -0.3 is 75.3 Å². The van der Waals surface area contributed by atoms with Crippen molar-refractivity contribution in [2.75, 3.05) is 98.5 Å². The van der Waals surface area contributed by atoms with Crippen LogP contribution in [0.15, 0.2) is 78.9 Å². The SMILES string of the molecule is CCCCOc1nc(N)c2nc(O)n(Cc3ccc(C(=O)NCCCOCCOCCOCCCNC(=O)CCCOc4ccc(/C=C/C(=O)NCC(=O)NC(Cc5ccccc5)C(=O)NC(CCC(=O)OCC)C(=O)OCC)cc4OC)cc3)c2n1. The number of hydrogen-bond acceptors (Lipinski definition) is 20. The monoisotopic (exact) mass is 1210 g/mol. The average Bonchev–Trinajstić information content (AvgIpc) is 2.16. The molecule has 0 radical (unpaired) electrons. The van der Waals surface area contributed by atoms with Crippen molar-refractivity contribution in [3.63, 3.8) is 0 Å². The average molecular weight is 1210 g/mol. The van der Waals surface area contributed by atoms with Crippen molar-refractivity contribution in [1.29, 1.82) is 0 Å². The van der Waals surface area contributed by atoms with Crippen molar-refractivity contribution >= 4 is 64.5 Å². The Bertz CT molecular complexity index is 3000. The van der Waals surface area contributed by atoms with E-state index >= 15 is 0 Å². The van der Waals surface area contributed by atoms with Crippen molar-refractivity contribution in [2.24, 2.45) is 0 Å². The summed E-state index contributed by atoms with van der Waals surface area (Å²) >= 11 is 0. The van der Waals surface area contributed by atoms with Crippen LogP contribution in [0.5, 0.6) is 23.5 Å². The molecule has 2 atom stereocenters. The minimum atomic E-state index is -1.17. The molecule has 0 spiro atoms. The van der Waals surface area contributed by atoms with E-state index in [0.717, 1.165) is 24.0 Å². The third-order valence-corrected chi connectivity index (χ3v) is 12.8. The summed E-state index contributed by atoms with van der Waals surface area (Å²) in [7, 11) is 1.47. The lowest BCUT2D eigenvalue weighted by molar-refractivity contribution is -0.149. The van der Waals surface area contributed by atoms with Crippen LogP contribution in [0.1, 0.15) is 99.2 Å². The Morgan fingerprint density at radius 1 is 0.667 bits per heavy atom. The number of imidazole rings is 1. The van der Waals surface area contributed by atoms with Crippen LogP contribution in [0.4, 0.5) is 5.82 Å². The summed E-state index contributed by atoms with van der Waals surface area (Å²) in [5.41, 5.74) is 9.30. The van der Waals surface area contributed by atoms with Gasteiger partial charge in [0.1, 0.15) is 12.1 Å². The number of ether oxygens (including phenoxy) is 8. The number of esters is 2. The van der Waals surface area contributed by atoms with Crippen LogP contribution in [0.25, 0.3) is 17.2 Å². The Morgan fingerprint density at radius 2 is 1.36 bits per heavy atom. The van der Waals surface area contributed by atoms with E-state index in [0.29, 0.717) is 107 Å². The summed E-state index contributed by atoms with van der Waals surface area (Å²) in [5.74, 6) is -2.60. The third kappa shape index (κ3) is 25.3. The van der Waals surface area contributed by atoms with E-state index in [1.165, 1.54) is 23.8 Å². The predicted molar refractivity (Wildman–Crippen MR) is 321 cm³/mol. The molecular weight excluding hydrogens is 1130 g/mol. The van der Waals surface area contributed by atoms with Crippen molar-refractivity contribution in [3.8, 4) is 23.5 Å². The second-order valence-electron chi connectivity index (χ2n) is 19.5. The fourth-order valence-electron chi connectivity index (χ4n) is 8.25. The van der Waals surface area contributed by atoms with Crippen LogP contribution < -0.4 is 46.5 Å². The van der Waals surface area contributed by atoms with Crippen LogP contribution in [0.2, 0.25) is 0 Å². The Morgan fingerprint density at radius 3 is 2.05 bits per heavy atom. The van der Waals surface area contributed by atoms with Crippen LogP contribution in [-0.4, -0.2) is 171 Å². The molecule has 2 heterocycles. The molecule has 87 heavy (non-hydrogen) atoms. The smallest absolute Gasteiger partial charge is 0.328 e. The van der Waals surface area contributed by atoms with Gasteiger partial charge in [0.15, 0.2) is 28.5 Å². The number of rotatable bonds is 42. The van der Waals surface area contributed by atoms with Crippen LogP contribution in [-0.2, 0) is 65.4 Å². The number of benzene rings is 3. The molecule has 0 saturated carbocycles. The number of hydrogen-bond donors (Lipinski definition) is 7. The predicted octanol–water partition coefficient (Wildman–Crippen LogP) is 4.13. The fourth-order valence-corrected chi connectivity index (χ4v) is 8.25. The van der Waals surface area contributed by atoms with Crippen LogP contribution >= 0.6 is 0 Å². The van der Waals surface area contributed by atoms with E-state index in [2.05, 4.69) is 41.5 Å². The Labute approximate surface area is 505 Å². The summed E-state index contributed by atoms with van der Waals surface area (Å²) in [6, 6.07) is 18.5. The maximum absolute atomic E-state index is 13.5. The molecule has 5 amide bonds. The minimum absolute atomic E-state index is 0.0493. The first-order valence-electron chi connectivity index (χ1n) is 29.2. The lowest BCUT2D eigenvalue weighted by atomic mass is 10.0. The number of amides is 5. The molecule has 0 aliphatic rings. The zero-order valence-corrected chi connectivity index (χ0v) is 49.9. The van der Waals surface area contributed by atoms with Crippen molar-refractivity contribution in [1.82, 2.24) is 46.1 Å². The molecule has 5 aromatic rings. The Kier molecular flexibility index (Phi) is 30.8. The highest BCUT2D eigenvalue weighted by Gasteiger charge is 2.29. The number of fused-ring (bicyclic) bond motifs is 1. The number of methoxy groups -OCH3 is 1. The standard InChI is InChI=1S/C61H82N10O16/c1-5-8-32-87-60-69-55(62)54-56(70-60)71(61(79)68-54)41-44-18-22-45(23-19-44)57(76)64-29-14-31-82-35-37-83-36-34-81-30-13-28-63-50(72)17-12-33-86-48-25-20-43(39-49(48)80-4)21-26-51(73)65-40-52(74)66-47(38-42-15-10-9-11-16-42)58(77)67-46(59(78)85-7-3)24-27-53(75)84-6-2/h9-11,15-16,18-23,25-26,39,46-47H,5-8,12-14,17,24,27-38,40-41H2,1-4H3,(H,63,72)(H,64,76)(H,65,73)(H,66,74)(H,67,77)(H,68,79)(H2,62,69,70)/b26-21+. The number of aromatic nitrogens is 4. The highest BCUT2D eigenvalue weighted by Crippen LogP contribution is 2.29. The van der Waals surface area contributed by atoms with Gasteiger partial charge in [-0.25, -0.2) is 4.79 Å². The molecule has 0 bridgehead atoms. The van der Waals surface area contributed by atoms with E-state index in [4.69, 9.17) is 43.6 Å². The first-order valence-corrected chi connectivity index (χ1v) is 29.2. The number of carbonyl (C=O) groups excluding carboxylic acids is 7. The number of carbonyl (C=O) groups is 7. The molecule has 472 valence electrons.